The summed E-state index contributed by atoms with van der Waals surface area (Å²) in [5.74, 6) is -0.692. The molecule has 1 aromatic carbocycles. The Balaban J connectivity index is 1.81. The van der Waals surface area contributed by atoms with Crippen LogP contribution in [0.5, 0.6) is 0 Å². The number of pyridine rings is 1. The standard InChI is InChI=1S/C20H26FN5O2/c1-2-24-13-15(20(28)26-9-5-23-6-10-26)19(27)14-11-16(21)18(12-17(14)24)25-7-3-22-4-8-25/h11-13,22-23H,2-10H2,1H3. The van der Waals surface area contributed by atoms with Gasteiger partial charge in [-0.15, -0.1) is 0 Å². The number of piperazine rings is 2. The number of carbonyl (C=O) groups excluding carboxylic acids is 1. The van der Waals surface area contributed by atoms with Crippen LogP contribution in [-0.4, -0.2) is 67.7 Å². The highest BCUT2D eigenvalue weighted by molar-refractivity contribution is 5.98. The fourth-order valence-electron chi connectivity index (χ4n) is 4.00. The van der Waals surface area contributed by atoms with Crippen LogP contribution in [0.3, 0.4) is 0 Å². The third-order valence-electron chi connectivity index (χ3n) is 5.58. The molecule has 1 amide bonds. The predicted molar refractivity (Wildman–Crippen MR) is 108 cm³/mol. The maximum absolute atomic E-state index is 14.9. The number of fused-ring (bicyclic) bond motifs is 1. The highest BCUT2D eigenvalue weighted by Gasteiger charge is 2.24. The van der Waals surface area contributed by atoms with Crippen LogP contribution >= 0.6 is 0 Å². The Morgan fingerprint density at radius 3 is 2.36 bits per heavy atom. The van der Waals surface area contributed by atoms with Crippen molar-refractivity contribution in [2.75, 3.05) is 57.3 Å². The van der Waals surface area contributed by atoms with Gasteiger partial charge in [0, 0.05) is 70.5 Å². The molecule has 2 N–H and O–H groups in total. The minimum atomic E-state index is -0.416. The molecule has 0 aliphatic carbocycles. The molecule has 7 nitrogen and oxygen atoms in total. The second-order valence-corrected chi connectivity index (χ2v) is 7.26. The Kier molecular flexibility index (Phi) is 5.32. The quantitative estimate of drug-likeness (QED) is 0.808. The predicted octanol–water partition coefficient (Wildman–Crippen LogP) is 0.616. The third-order valence-corrected chi connectivity index (χ3v) is 5.58. The second kappa shape index (κ2) is 7.89. The topological polar surface area (TPSA) is 69.6 Å². The van der Waals surface area contributed by atoms with Crippen LogP contribution < -0.4 is 21.0 Å². The number of carbonyl (C=O) groups is 1. The SMILES string of the molecule is CCn1cc(C(=O)N2CCNCC2)c(=O)c2cc(F)c(N3CCNCC3)cc21. The van der Waals surface area contributed by atoms with E-state index in [4.69, 9.17) is 0 Å². The van der Waals surface area contributed by atoms with Gasteiger partial charge in [0.15, 0.2) is 0 Å². The first-order valence-corrected chi connectivity index (χ1v) is 9.92. The van der Waals surface area contributed by atoms with Crippen LogP contribution in [0.4, 0.5) is 10.1 Å². The van der Waals surface area contributed by atoms with E-state index in [1.807, 2.05) is 16.4 Å². The fraction of sp³-hybridized carbons (Fsp3) is 0.500. The Bertz CT molecular complexity index is 946. The lowest BCUT2D eigenvalue weighted by molar-refractivity contribution is 0.0734. The Morgan fingerprint density at radius 1 is 1.07 bits per heavy atom. The number of rotatable bonds is 3. The maximum atomic E-state index is 14.9. The summed E-state index contributed by atoms with van der Waals surface area (Å²) in [4.78, 5) is 29.6. The summed E-state index contributed by atoms with van der Waals surface area (Å²) < 4.78 is 16.8. The number of hydrogen-bond donors (Lipinski definition) is 2. The van der Waals surface area contributed by atoms with Gasteiger partial charge >= 0.3 is 0 Å². The molecule has 2 aliphatic heterocycles. The number of aryl methyl sites for hydroxylation is 1. The van der Waals surface area contributed by atoms with E-state index < -0.39 is 11.2 Å². The number of hydrogen-bond acceptors (Lipinski definition) is 5. The molecule has 0 atom stereocenters. The molecule has 28 heavy (non-hydrogen) atoms. The van der Waals surface area contributed by atoms with Crippen LogP contribution in [0.2, 0.25) is 0 Å². The zero-order valence-electron chi connectivity index (χ0n) is 16.1. The summed E-state index contributed by atoms with van der Waals surface area (Å²) in [7, 11) is 0. The molecule has 2 saturated heterocycles. The van der Waals surface area contributed by atoms with Crippen LogP contribution in [0.25, 0.3) is 10.9 Å². The lowest BCUT2D eigenvalue weighted by atomic mass is 10.1. The van der Waals surface area contributed by atoms with E-state index in [2.05, 4.69) is 10.6 Å². The largest absolute Gasteiger partial charge is 0.367 e. The van der Waals surface area contributed by atoms with E-state index in [9.17, 15) is 14.0 Å². The minimum absolute atomic E-state index is 0.116. The number of anilines is 1. The summed E-state index contributed by atoms with van der Waals surface area (Å²) in [6.07, 6.45) is 1.63. The summed E-state index contributed by atoms with van der Waals surface area (Å²) in [5, 5.41) is 6.72. The maximum Gasteiger partial charge on any atom is 0.259 e. The van der Waals surface area contributed by atoms with Crippen LogP contribution in [0, 0.1) is 5.82 Å². The van der Waals surface area contributed by atoms with E-state index >= 15 is 0 Å². The molecule has 0 saturated carbocycles. The molecule has 2 fully saturated rings. The molecule has 0 radical (unpaired) electrons. The highest BCUT2D eigenvalue weighted by atomic mass is 19.1. The average Bonchev–Trinajstić information content (AvgIpc) is 2.75. The summed E-state index contributed by atoms with van der Waals surface area (Å²) in [6, 6.07) is 3.05. The van der Waals surface area contributed by atoms with Gasteiger partial charge in [-0.3, -0.25) is 9.59 Å². The average molecular weight is 387 g/mol. The number of nitrogens with zero attached hydrogens (tertiary/aromatic N) is 3. The molecule has 0 spiro atoms. The smallest absolute Gasteiger partial charge is 0.259 e. The lowest BCUT2D eigenvalue weighted by Gasteiger charge is -2.30. The van der Waals surface area contributed by atoms with Gasteiger partial charge in [0.2, 0.25) is 5.43 Å². The molecule has 0 bridgehead atoms. The minimum Gasteiger partial charge on any atom is -0.367 e. The van der Waals surface area contributed by atoms with Crippen molar-refractivity contribution in [3.63, 3.8) is 0 Å². The Hall–Kier alpha value is -2.45. The molecule has 150 valence electrons. The fourth-order valence-corrected chi connectivity index (χ4v) is 4.00. The second-order valence-electron chi connectivity index (χ2n) is 7.26. The number of aromatic nitrogens is 1. The molecule has 4 rings (SSSR count). The number of amides is 1. The van der Waals surface area contributed by atoms with E-state index in [1.165, 1.54) is 6.07 Å². The van der Waals surface area contributed by atoms with Crippen molar-refractivity contribution in [1.29, 1.82) is 0 Å². The molecule has 0 unspecified atom stereocenters. The van der Waals surface area contributed by atoms with Crippen molar-refractivity contribution in [3.8, 4) is 0 Å². The molecular weight excluding hydrogens is 361 g/mol. The number of halogens is 1. The van der Waals surface area contributed by atoms with Gasteiger partial charge in [-0.05, 0) is 19.1 Å². The first kappa shape index (κ1) is 18.9. The summed E-state index contributed by atoms with van der Waals surface area (Å²) in [6.45, 7) is 8.15. The number of benzene rings is 1. The van der Waals surface area contributed by atoms with Gasteiger partial charge in [0.25, 0.3) is 5.91 Å². The zero-order valence-corrected chi connectivity index (χ0v) is 16.1. The summed E-state index contributed by atoms with van der Waals surface area (Å²) >= 11 is 0. The van der Waals surface area contributed by atoms with Gasteiger partial charge in [0.1, 0.15) is 11.4 Å². The van der Waals surface area contributed by atoms with E-state index in [0.29, 0.717) is 43.9 Å². The van der Waals surface area contributed by atoms with Crippen molar-refractivity contribution >= 4 is 22.5 Å². The van der Waals surface area contributed by atoms with Gasteiger partial charge in [-0.2, -0.15) is 0 Å². The van der Waals surface area contributed by atoms with E-state index in [-0.39, 0.29) is 16.9 Å². The molecule has 8 heteroatoms. The Morgan fingerprint density at radius 2 is 1.71 bits per heavy atom. The van der Waals surface area contributed by atoms with Gasteiger partial charge in [-0.1, -0.05) is 0 Å². The lowest BCUT2D eigenvalue weighted by Crippen LogP contribution is -2.47. The van der Waals surface area contributed by atoms with Crippen LogP contribution in [0.15, 0.2) is 23.1 Å². The molecule has 2 aliphatic rings. The van der Waals surface area contributed by atoms with Crippen molar-refractivity contribution in [1.82, 2.24) is 20.1 Å². The summed E-state index contributed by atoms with van der Waals surface area (Å²) in [5.41, 5.74) is 0.899. The van der Waals surface area contributed by atoms with E-state index in [1.54, 1.807) is 17.2 Å². The normalized spacial score (nSPS) is 17.9. The molecule has 3 heterocycles. The van der Waals surface area contributed by atoms with Gasteiger partial charge < -0.3 is 25.0 Å². The highest BCUT2D eigenvalue weighted by Crippen LogP contribution is 2.26. The van der Waals surface area contributed by atoms with Gasteiger partial charge in [-0.25, -0.2) is 4.39 Å². The van der Waals surface area contributed by atoms with Crippen LogP contribution in [-0.2, 0) is 6.54 Å². The van der Waals surface area contributed by atoms with Crippen molar-refractivity contribution in [2.45, 2.75) is 13.5 Å². The number of nitrogens with one attached hydrogen (secondary N) is 2. The van der Waals surface area contributed by atoms with Crippen molar-refractivity contribution in [2.24, 2.45) is 0 Å². The zero-order chi connectivity index (χ0) is 19.7. The van der Waals surface area contributed by atoms with Crippen molar-refractivity contribution in [3.05, 3.63) is 39.9 Å². The van der Waals surface area contributed by atoms with E-state index in [0.717, 1.165) is 26.2 Å². The van der Waals surface area contributed by atoms with Gasteiger partial charge in [0.05, 0.1) is 11.2 Å². The van der Waals surface area contributed by atoms with Crippen molar-refractivity contribution < 1.29 is 9.18 Å². The Labute approximate surface area is 163 Å². The molecule has 1 aromatic heterocycles. The monoisotopic (exact) mass is 387 g/mol. The third kappa shape index (κ3) is 3.38. The first-order valence-electron chi connectivity index (χ1n) is 9.92. The molecule has 2 aromatic rings. The first-order chi connectivity index (χ1) is 13.6. The molecular formula is C20H26FN5O2. The van der Waals surface area contributed by atoms with Crippen LogP contribution in [0.1, 0.15) is 17.3 Å².